The molecule has 0 aliphatic rings. The van der Waals surface area contributed by atoms with E-state index in [4.69, 9.17) is 5.73 Å². The van der Waals surface area contributed by atoms with Gasteiger partial charge in [0, 0.05) is 18.7 Å². The van der Waals surface area contributed by atoms with Crippen LogP contribution in [0.1, 0.15) is 11.1 Å². The van der Waals surface area contributed by atoms with Crippen LogP contribution in [0.5, 0.6) is 11.5 Å². The van der Waals surface area contributed by atoms with Gasteiger partial charge in [-0.2, -0.15) is 0 Å². The number of nitrogens with two attached hydrogens (primary N) is 1. The highest BCUT2D eigenvalue weighted by molar-refractivity contribution is 5.85. The summed E-state index contributed by atoms with van der Waals surface area (Å²) in [6, 6.07) is 3.28. The zero-order chi connectivity index (χ0) is 10.7. The van der Waals surface area contributed by atoms with Crippen LogP contribution in [0.4, 0.5) is 0 Å². The van der Waals surface area contributed by atoms with Crippen molar-refractivity contribution in [1.82, 2.24) is 4.90 Å². The van der Waals surface area contributed by atoms with Crippen molar-refractivity contribution in [3.63, 3.8) is 0 Å². The molecule has 0 atom stereocenters. The lowest BCUT2D eigenvalue weighted by Gasteiger charge is -2.13. The fraction of sp³-hybridized carbons (Fsp3) is 0.400. The highest BCUT2D eigenvalue weighted by Gasteiger charge is 2.09. The van der Waals surface area contributed by atoms with Gasteiger partial charge >= 0.3 is 0 Å². The van der Waals surface area contributed by atoms with Crippen LogP contribution in [0.15, 0.2) is 12.1 Å². The monoisotopic (exact) mass is 268 g/mol. The SMILES string of the molecule is CN(C)Cc1cc(CN)cc(O)c1O.Cl.Cl. The maximum Gasteiger partial charge on any atom is 0.162 e. The topological polar surface area (TPSA) is 69.7 Å². The largest absolute Gasteiger partial charge is 0.504 e. The van der Waals surface area contributed by atoms with Gasteiger partial charge in [0.05, 0.1) is 0 Å². The molecule has 0 aliphatic carbocycles. The van der Waals surface area contributed by atoms with Gasteiger partial charge in [0.2, 0.25) is 0 Å². The van der Waals surface area contributed by atoms with Crippen LogP contribution in [0.25, 0.3) is 0 Å². The van der Waals surface area contributed by atoms with Crippen molar-refractivity contribution in [1.29, 1.82) is 0 Å². The molecule has 0 fully saturated rings. The molecule has 1 aromatic carbocycles. The Kier molecular flexibility index (Phi) is 8.38. The van der Waals surface area contributed by atoms with Crippen molar-refractivity contribution in [2.75, 3.05) is 14.1 Å². The summed E-state index contributed by atoms with van der Waals surface area (Å²) in [6.07, 6.45) is 0. The van der Waals surface area contributed by atoms with E-state index in [-0.39, 0.29) is 36.3 Å². The van der Waals surface area contributed by atoms with E-state index in [2.05, 4.69) is 0 Å². The summed E-state index contributed by atoms with van der Waals surface area (Å²) in [5.41, 5.74) is 6.97. The first-order valence-corrected chi connectivity index (χ1v) is 4.43. The number of hydrogen-bond donors (Lipinski definition) is 3. The Labute approximate surface area is 108 Å². The van der Waals surface area contributed by atoms with Gasteiger partial charge in [0.1, 0.15) is 0 Å². The molecule has 0 aromatic heterocycles. The fourth-order valence-electron chi connectivity index (χ4n) is 1.32. The Morgan fingerprint density at radius 2 is 1.75 bits per heavy atom. The summed E-state index contributed by atoms with van der Waals surface area (Å²) in [5, 5.41) is 18.9. The zero-order valence-electron chi connectivity index (χ0n) is 9.30. The Balaban J connectivity index is 0. The predicted molar refractivity (Wildman–Crippen MR) is 69.6 cm³/mol. The molecular formula is C10H18Cl2N2O2. The molecule has 0 saturated carbocycles. The maximum absolute atomic E-state index is 9.55. The quantitative estimate of drug-likeness (QED) is 0.727. The molecule has 0 bridgehead atoms. The van der Waals surface area contributed by atoms with Crippen LogP contribution in [0.2, 0.25) is 0 Å². The van der Waals surface area contributed by atoms with E-state index in [9.17, 15) is 10.2 Å². The first kappa shape index (κ1) is 17.7. The summed E-state index contributed by atoms with van der Waals surface area (Å²) in [6.45, 7) is 0.932. The number of halogens is 2. The van der Waals surface area contributed by atoms with E-state index in [0.29, 0.717) is 18.7 Å². The minimum absolute atomic E-state index is 0. The highest BCUT2D eigenvalue weighted by Crippen LogP contribution is 2.30. The van der Waals surface area contributed by atoms with Gasteiger partial charge in [-0.3, -0.25) is 0 Å². The van der Waals surface area contributed by atoms with Gasteiger partial charge in [-0.1, -0.05) is 0 Å². The second-order valence-corrected chi connectivity index (χ2v) is 3.56. The second kappa shape index (κ2) is 7.57. The molecule has 6 heteroatoms. The van der Waals surface area contributed by atoms with Crippen molar-refractivity contribution in [2.45, 2.75) is 13.1 Å². The lowest BCUT2D eigenvalue weighted by molar-refractivity contribution is 0.367. The smallest absolute Gasteiger partial charge is 0.162 e. The normalized spacial score (nSPS) is 9.50. The molecule has 0 heterocycles. The number of rotatable bonds is 3. The van der Waals surface area contributed by atoms with Crippen molar-refractivity contribution in [3.8, 4) is 11.5 Å². The van der Waals surface area contributed by atoms with E-state index in [1.54, 1.807) is 6.07 Å². The Bertz CT molecular complexity index is 333. The maximum atomic E-state index is 9.55. The Morgan fingerprint density at radius 1 is 1.19 bits per heavy atom. The molecule has 0 amide bonds. The molecule has 0 radical (unpaired) electrons. The van der Waals surface area contributed by atoms with E-state index < -0.39 is 0 Å². The molecule has 0 unspecified atom stereocenters. The minimum Gasteiger partial charge on any atom is -0.504 e. The molecule has 4 N–H and O–H groups in total. The van der Waals surface area contributed by atoms with Crippen LogP contribution < -0.4 is 5.73 Å². The summed E-state index contributed by atoms with van der Waals surface area (Å²) >= 11 is 0. The second-order valence-electron chi connectivity index (χ2n) is 3.56. The number of phenolic OH excluding ortho intramolecular Hbond substituents is 2. The molecule has 94 valence electrons. The minimum atomic E-state index is -0.107. The lowest BCUT2D eigenvalue weighted by atomic mass is 10.1. The third-order valence-corrected chi connectivity index (χ3v) is 1.95. The van der Waals surface area contributed by atoms with E-state index in [0.717, 1.165) is 5.56 Å². The lowest BCUT2D eigenvalue weighted by Crippen LogP contribution is -2.11. The van der Waals surface area contributed by atoms with Gasteiger partial charge in [0.15, 0.2) is 11.5 Å². The molecular weight excluding hydrogens is 251 g/mol. The molecule has 1 rings (SSSR count). The molecule has 0 aliphatic heterocycles. The first-order valence-electron chi connectivity index (χ1n) is 4.43. The first-order chi connectivity index (χ1) is 6.54. The van der Waals surface area contributed by atoms with Gasteiger partial charge in [0.25, 0.3) is 0 Å². The predicted octanol–water partition coefficient (Wildman–Crippen LogP) is 1.46. The van der Waals surface area contributed by atoms with Crippen LogP contribution in [-0.2, 0) is 13.1 Å². The van der Waals surface area contributed by atoms with Crippen molar-refractivity contribution in [3.05, 3.63) is 23.3 Å². The van der Waals surface area contributed by atoms with Gasteiger partial charge in [-0.25, -0.2) is 0 Å². The number of aromatic hydroxyl groups is 2. The highest BCUT2D eigenvalue weighted by atomic mass is 35.5. The number of phenols is 2. The van der Waals surface area contributed by atoms with Crippen LogP contribution >= 0.6 is 24.8 Å². The average molecular weight is 269 g/mol. The third kappa shape index (κ3) is 4.45. The van der Waals surface area contributed by atoms with Gasteiger partial charge in [-0.05, 0) is 31.8 Å². The number of nitrogens with zero attached hydrogens (tertiary/aromatic N) is 1. The summed E-state index contributed by atoms with van der Waals surface area (Å²) < 4.78 is 0. The molecule has 1 aromatic rings. The average Bonchev–Trinajstić information content (AvgIpc) is 2.11. The van der Waals surface area contributed by atoms with Gasteiger partial charge < -0.3 is 20.8 Å². The van der Waals surface area contributed by atoms with Crippen molar-refractivity contribution >= 4 is 24.8 Å². The Morgan fingerprint density at radius 3 is 2.19 bits per heavy atom. The third-order valence-electron chi connectivity index (χ3n) is 1.95. The van der Waals surface area contributed by atoms with Gasteiger partial charge in [-0.15, -0.1) is 24.8 Å². The fourth-order valence-corrected chi connectivity index (χ4v) is 1.32. The Hall–Kier alpha value is -0.680. The molecule has 0 spiro atoms. The molecule has 4 nitrogen and oxygen atoms in total. The standard InChI is InChI=1S/C10H16N2O2.2ClH/c1-12(2)6-8-3-7(5-11)4-9(13)10(8)14;;/h3-4,13-14H,5-6,11H2,1-2H3;2*1H. The van der Waals surface area contributed by atoms with Crippen molar-refractivity contribution in [2.24, 2.45) is 5.73 Å². The zero-order valence-corrected chi connectivity index (χ0v) is 10.9. The summed E-state index contributed by atoms with van der Waals surface area (Å²) in [5.74, 6) is -0.166. The van der Waals surface area contributed by atoms with E-state index in [1.165, 1.54) is 6.07 Å². The van der Waals surface area contributed by atoms with Crippen molar-refractivity contribution < 1.29 is 10.2 Å². The summed E-state index contributed by atoms with van der Waals surface area (Å²) in [4.78, 5) is 1.91. The van der Waals surface area contributed by atoms with E-state index >= 15 is 0 Å². The summed E-state index contributed by atoms with van der Waals surface area (Å²) in [7, 11) is 3.79. The van der Waals surface area contributed by atoms with Crippen LogP contribution in [0, 0.1) is 0 Å². The van der Waals surface area contributed by atoms with Crippen LogP contribution in [0.3, 0.4) is 0 Å². The van der Waals surface area contributed by atoms with E-state index in [1.807, 2.05) is 19.0 Å². The van der Waals surface area contributed by atoms with Crippen LogP contribution in [-0.4, -0.2) is 29.2 Å². The molecule has 0 saturated heterocycles. The number of benzene rings is 1. The number of hydrogen-bond acceptors (Lipinski definition) is 4. The molecule has 16 heavy (non-hydrogen) atoms.